The maximum Gasteiger partial charge on any atom is 0.253 e. The van der Waals surface area contributed by atoms with Crippen molar-refractivity contribution < 1.29 is 4.79 Å². The Kier molecular flexibility index (Phi) is 5.88. The van der Waals surface area contributed by atoms with E-state index in [4.69, 9.17) is 10.7 Å². The third-order valence-corrected chi connectivity index (χ3v) is 7.10. The van der Waals surface area contributed by atoms with Gasteiger partial charge < -0.3 is 10.6 Å². The first-order chi connectivity index (χ1) is 17.7. The van der Waals surface area contributed by atoms with Crippen molar-refractivity contribution in [3.05, 3.63) is 83.6 Å². The second-order valence-corrected chi connectivity index (χ2v) is 9.76. The third kappa shape index (κ3) is 4.32. The number of rotatable bonds is 5. The lowest BCUT2D eigenvalue weighted by molar-refractivity contribution is 0.0629. The summed E-state index contributed by atoms with van der Waals surface area (Å²) in [6, 6.07) is 17.2. The number of nitrogen functional groups attached to an aromatic ring is 1. The van der Waals surface area contributed by atoms with Crippen LogP contribution in [0.3, 0.4) is 0 Å². The number of carbonyl (C=O) groups excluding carboxylic acids is 1. The molecule has 0 bridgehead atoms. The largest absolute Gasteiger partial charge is 0.375 e. The minimum absolute atomic E-state index is 0.0433. The lowest BCUT2D eigenvalue weighted by Gasteiger charge is -2.34. The second kappa shape index (κ2) is 9.48. The maximum absolute atomic E-state index is 13.2. The highest BCUT2D eigenvalue weighted by Gasteiger charge is 2.23. The Morgan fingerprint density at radius 2 is 1.72 bits per heavy atom. The number of pyridine rings is 2. The van der Waals surface area contributed by atoms with Gasteiger partial charge in [-0.2, -0.15) is 0 Å². The van der Waals surface area contributed by atoms with Crippen LogP contribution in [0.1, 0.15) is 15.2 Å². The summed E-state index contributed by atoms with van der Waals surface area (Å²) in [6.45, 7) is 3.84. The number of hydrogen-bond donors (Lipinski definition) is 1. The molecule has 0 radical (unpaired) electrons. The summed E-state index contributed by atoms with van der Waals surface area (Å²) in [5.41, 5.74) is 9.58. The second-order valence-electron chi connectivity index (χ2n) is 8.61. The molecule has 2 N–H and O–H groups in total. The van der Waals surface area contributed by atoms with Crippen molar-refractivity contribution in [1.29, 1.82) is 0 Å². The fourth-order valence-electron chi connectivity index (χ4n) is 4.48. The quantitative estimate of drug-likeness (QED) is 0.397. The summed E-state index contributed by atoms with van der Waals surface area (Å²) < 4.78 is 1.98. The topological polar surface area (TPSA) is 106 Å². The van der Waals surface area contributed by atoms with Gasteiger partial charge in [0.15, 0.2) is 16.6 Å². The first-order valence-electron chi connectivity index (χ1n) is 11.7. The number of carbonyl (C=O) groups is 1. The van der Waals surface area contributed by atoms with Crippen molar-refractivity contribution in [2.45, 2.75) is 6.54 Å². The van der Waals surface area contributed by atoms with Crippen molar-refractivity contribution in [3.63, 3.8) is 0 Å². The van der Waals surface area contributed by atoms with Gasteiger partial charge in [0.05, 0.1) is 0 Å². The zero-order valence-electron chi connectivity index (χ0n) is 19.5. The van der Waals surface area contributed by atoms with Gasteiger partial charge in [-0.15, -0.1) is 11.3 Å². The van der Waals surface area contributed by atoms with Gasteiger partial charge in [0.2, 0.25) is 0 Å². The van der Waals surface area contributed by atoms with E-state index >= 15 is 0 Å². The summed E-state index contributed by atoms with van der Waals surface area (Å²) in [6.07, 6.45) is 5.34. The summed E-state index contributed by atoms with van der Waals surface area (Å²) in [5.74, 6) is 0.754. The van der Waals surface area contributed by atoms with E-state index < -0.39 is 0 Å². The van der Waals surface area contributed by atoms with Crippen molar-refractivity contribution in [2.75, 3.05) is 31.9 Å². The molecule has 10 heteroatoms. The molecule has 1 aliphatic rings. The Morgan fingerprint density at radius 1 is 0.917 bits per heavy atom. The van der Waals surface area contributed by atoms with E-state index in [1.165, 1.54) is 11.3 Å². The van der Waals surface area contributed by atoms with Crippen molar-refractivity contribution >= 4 is 33.5 Å². The highest BCUT2D eigenvalue weighted by atomic mass is 32.1. The number of imidazole rings is 1. The Labute approximate surface area is 211 Å². The third-order valence-electron chi connectivity index (χ3n) is 6.29. The normalized spacial score (nSPS) is 14.4. The maximum atomic E-state index is 13.2. The minimum Gasteiger partial charge on any atom is -0.375 e. The molecule has 1 aromatic carbocycles. The lowest BCUT2D eigenvalue weighted by atomic mass is 10.1. The molecule has 0 spiro atoms. The molecule has 6 rings (SSSR count). The van der Waals surface area contributed by atoms with Gasteiger partial charge in [-0.05, 0) is 48.5 Å². The number of nitrogens with zero attached hydrogens (tertiary/aromatic N) is 7. The Bertz CT molecular complexity index is 1500. The van der Waals surface area contributed by atoms with Crippen molar-refractivity contribution in [1.82, 2.24) is 34.3 Å². The van der Waals surface area contributed by atoms with Crippen LogP contribution in [0.25, 0.3) is 28.4 Å². The van der Waals surface area contributed by atoms with E-state index in [0.717, 1.165) is 47.1 Å². The lowest BCUT2D eigenvalue weighted by Crippen LogP contribution is -2.48. The van der Waals surface area contributed by atoms with Gasteiger partial charge in [-0.25, -0.2) is 15.0 Å². The SMILES string of the molecule is Nc1ncc(CN2CCN(C(=O)c3ccc(-n4c(-c5ccccn5)nc5cccnc54)cc3)CC2)s1. The number of anilines is 1. The number of aromatic nitrogens is 5. The number of hydrogen-bond acceptors (Lipinski definition) is 8. The van der Waals surface area contributed by atoms with E-state index in [2.05, 4.69) is 19.9 Å². The average molecular weight is 497 g/mol. The average Bonchev–Trinajstić information content (AvgIpc) is 3.52. The molecule has 0 saturated carbocycles. The van der Waals surface area contributed by atoms with E-state index in [9.17, 15) is 4.79 Å². The monoisotopic (exact) mass is 496 g/mol. The molecule has 180 valence electrons. The fraction of sp³-hybridized carbons (Fsp3) is 0.192. The smallest absolute Gasteiger partial charge is 0.253 e. The molecule has 1 amide bonds. The highest BCUT2D eigenvalue weighted by Crippen LogP contribution is 2.26. The highest BCUT2D eigenvalue weighted by molar-refractivity contribution is 7.15. The standard InChI is InChI=1S/C26H24N8OS/c27-26-30-16-20(36-26)17-32-12-14-33(15-13-32)25(35)18-6-8-19(9-7-18)34-23-22(5-3-11-29-23)31-24(34)21-4-1-2-10-28-21/h1-11,16H,12-15,17H2,(H2,27,30). The molecule has 1 aliphatic heterocycles. The Hall–Kier alpha value is -4.15. The van der Waals surface area contributed by atoms with Gasteiger partial charge in [0, 0.05) is 67.4 Å². The predicted octanol–water partition coefficient (Wildman–Crippen LogP) is 3.48. The predicted molar refractivity (Wildman–Crippen MR) is 140 cm³/mol. The molecule has 4 aromatic heterocycles. The molecule has 1 fully saturated rings. The van der Waals surface area contributed by atoms with Crippen LogP contribution >= 0.6 is 11.3 Å². The van der Waals surface area contributed by atoms with Crippen LogP contribution < -0.4 is 5.73 Å². The molecule has 36 heavy (non-hydrogen) atoms. The molecule has 0 unspecified atom stereocenters. The molecular weight excluding hydrogens is 472 g/mol. The zero-order chi connectivity index (χ0) is 24.5. The Balaban J connectivity index is 1.20. The summed E-state index contributed by atoms with van der Waals surface area (Å²) in [5, 5.41) is 0.592. The van der Waals surface area contributed by atoms with Gasteiger partial charge in [0.1, 0.15) is 11.2 Å². The van der Waals surface area contributed by atoms with Crippen LogP contribution in [0.5, 0.6) is 0 Å². The van der Waals surface area contributed by atoms with Gasteiger partial charge >= 0.3 is 0 Å². The number of nitrogens with two attached hydrogens (primary N) is 1. The van der Waals surface area contributed by atoms with Crippen LogP contribution in [0.4, 0.5) is 5.13 Å². The molecule has 5 heterocycles. The van der Waals surface area contributed by atoms with Crippen LogP contribution in [0, 0.1) is 0 Å². The number of fused-ring (bicyclic) bond motifs is 1. The van der Waals surface area contributed by atoms with Crippen molar-refractivity contribution in [2.24, 2.45) is 0 Å². The van der Waals surface area contributed by atoms with Crippen molar-refractivity contribution in [3.8, 4) is 17.2 Å². The van der Waals surface area contributed by atoms with Gasteiger partial charge in [0.25, 0.3) is 5.91 Å². The molecular formula is C26H24N8OS. The first-order valence-corrected chi connectivity index (χ1v) is 12.5. The van der Waals surface area contributed by atoms with E-state index in [1.807, 2.05) is 70.3 Å². The first kappa shape index (κ1) is 22.3. The number of amides is 1. The molecule has 9 nitrogen and oxygen atoms in total. The summed E-state index contributed by atoms with van der Waals surface area (Å²) in [4.78, 5) is 36.5. The van der Waals surface area contributed by atoms with Crippen LogP contribution in [0.15, 0.2) is 73.2 Å². The van der Waals surface area contributed by atoms with E-state index in [0.29, 0.717) is 29.6 Å². The number of thiazole rings is 1. The minimum atomic E-state index is 0.0433. The molecule has 0 aliphatic carbocycles. The molecule has 5 aromatic rings. The molecule has 1 saturated heterocycles. The Morgan fingerprint density at radius 3 is 2.44 bits per heavy atom. The van der Waals surface area contributed by atoms with Crippen LogP contribution in [-0.4, -0.2) is 66.4 Å². The molecule has 0 atom stereocenters. The number of piperazine rings is 1. The number of benzene rings is 1. The van der Waals surface area contributed by atoms with Gasteiger partial charge in [-0.1, -0.05) is 6.07 Å². The summed E-state index contributed by atoms with van der Waals surface area (Å²) >= 11 is 1.52. The van der Waals surface area contributed by atoms with Gasteiger partial charge in [-0.3, -0.25) is 19.2 Å². The summed E-state index contributed by atoms with van der Waals surface area (Å²) in [7, 11) is 0. The van der Waals surface area contributed by atoms with E-state index in [-0.39, 0.29) is 5.91 Å². The fourth-order valence-corrected chi connectivity index (χ4v) is 5.21. The van der Waals surface area contributed by atoms with E-state index in [1.54, 1.807) is 12.4 Å². The zero-order valence-corrected chi connectivity index (χ0v) is 20.3. The van der Waals surface area contributed by atoms with Crippen LogP contribution in [0.2, 0.25) is 0 Å². The van der Waals surface area contributed by atoms with Crippen LogP contribution in [-0.2, 0) is 6.54 Å².